The number of methoxy groups -OCH3 is 2. The van der Waals surface area contributed by atoms with Crippen molar-refractivity contribution < 1.29 is 18.3 Å². The minimum Gasteiger partial charge on any atom is -0.495 e. The fraction of sp³-hybridized carbons (Fsp3) is 0.235. The minimum absolute atomic E-state index is 0.229. The zero-order chi connectivity index (χ0) is 18.7. The standard InChI is InChI=1S/C17H17N3O5S/c1-4-18-17(26)20-19-7-9-8-25-15-11(12(9)21)13(22-2)10-5-6-24-14(10)16(15)23-3/h5-8H,4H2,1-3H3,(H2,18,20,26)/b19-7+. The first-order valence-corrected chi connectivity index (χ1v) is 8.16. The molecule has 0 atom stereocenters. The number of furan rings is 1. The van der Waals surface area contributed by atoms with Gasteiger partial charge in [0.05, 0.1) is 37.6 Å². The van der Waals surface area contributed by atoms with Crippen LogP contribution in [0, 0.1) is 0 Å². The molecule has 0 fully saturated rings. The zero-order valence-electron chi connectivity index (χ0n) is 14.4. The molecule has 0 bridgehead atoms. The number of nitrogens with zero attached hydrogens (tertiary/aromatic N) is 1. The molecule has 1 aromatic carbocycles. The summed E-state index contributed by atoms with van der Waals surface area (Å²) in [6.45, 7) is 2.57. The second kappa shape index (κ2) is 7.44. The maximum absolute atomic E-state index is 12.9. The lowest BCUT2D eigenvalue weighted by atomic mass is 10.1. The molecule has 3 aromatic rings. The maximum Gasteiger partial charge on any atom is 0.206 e. The summed E-state index contributed by atoms with van der Waals surface area (Å²) in [5.41, 5.74) is 3.22. The molecule has 0 saturated carbocycles. The van der Waals surface area contributed by atoms with Crippen molar-refractivity contribution in [1.82, 2.24) is 10.7 Å². The first kappa shape index (κ1) is 17.7. The van der Waals surface area contributed by atoms with E-state index in [1.807, 2.05) is 6.92 Å². The molecule has 0 spiro atoms. The molecule has 0 amide bonds. The second-order valence-electron chi connectivity index (χ2n) is 5.18. The van der Waals surface area contributed by atoms with Crippen LogP contribution in [0.5, 0.6) is 11.5 Å². The lowest BCUT2D eigenvalue weighted by Gasteiger charge is -2.10. The Kier molecular flexibility index (Phi) is 5.08. The number of ether oxygens (including phenoxy) is 2. The van der Waals surface area contributed by atoms with E-state index in [2.05, 4.69) is 15.8 Å². The monoisotopic (exact) mass is 375 g/mol. The number of benzene rings is 1. The third-order valence-corrected chi connectivity index (χ3v) is 3.92. The van der Waals surface area contributed by atoms with Crippen LogP contribution in [-0.4, -0.2) is 32.1 Å². The molecule has 3 rings (SSSR count). The number of fused-ring (bicyclic) bond motifs is 2. The van der Waals surface area contributed by atoms with Crippen molar-refractivity contribution in [2.75, 3.05) is 20.8 Å². The molecule has 2 N–H and O–H groups in total. The highest BCUT2D eigenvalue weighted by atomic mass is 32.1. The number of hydrazone groups is 1. The molecule has 26 heavy (non-hydrogen) atoms. The Morgan fingerprint density at radius 2 is 2.04 bits per heavy atom. The summed E-state index contributed by atoms with van der Waals surface area (Å²) in [6, 6.07) is 1.70. The van der Waals surface area contributed by atoms with E-state index in [-0.39, 0.29) is 22.0 Å². The fourth-order valence-corrected chi connectivity index (χ4v) is 2.80. The highest BCUT2D eigenvalue weighted by Crippen LogP contribution is 2.41. The van der Waals surface area contributed by atoms with Gasteiger partial charge in [-0.15, -0.1) is 0 Å². The number of rotatable bonds is 5. The van der Waals surface area contributed by atoms with Gasteiger partial charge in [-0.05, 0) is 25.2 Å². The van der Waals surface area contributed by atoms with Gasteiger partial charge in [0.2, 0.25) is 11.2 Å². The van der Waals surface area contributed by atoms with Gasteiger partial charge in [-0.25, -0.2) is 0 Å². The first-order chi connectivity index (χ1) is 12.6. The third-order valence-electron chi connectivity index (χ3n) is 3.68. The first-order valence-electron chi connectivity index (χ1n) is 7.75. The summed E-state index contributed by atoms with van der Waals surface area (Å²) in [6.07, 6.45) is 4.12. The molecule has 0 saturated heterocycles. The lowest BCUT2D eigenvalue weighted by molar-refractivity contribution is 0.400. The van der Waals surface area contributed by atoms with Gasteiger partial charge < -0.3 is 23.6 Å². The van der Waals surface area contributed by atoms with E-state index in [1.165, 1.54) is 33.0 Å². The van der Waals surface area contributed by atoms with E-state index in [4.69, 9.17) is 30.5 Å². The smallest absolute Gasteiger partial charge is 0.206 e. The Bertz CT molecular complexity index is 1050. The Morgan fingerprint density at radius 3 is 2.73 bits per heavy atom. The molecule has 136 valence electrons. The van der Waals surface area contributed by atoms with Crippen LogP contribution in [0.2, 0.25) is 0 Å². The number of hydrogen-bond acceptors (Lipinski definition) is 7. The largest absolute Gasteiger partial charge is 0.495 e. The molecule has 2 aromatic heterocycles. The van der Waals surface area contributed by atoms with E-state index < -0.39 is 0 Å². The predicted molar refractivity (Wildman–Crippen MR) is 102 cm³/mol. The minimum atomic E-state index is -0.315. The molecule has 0 radical (unpaired) electrons. The Hall–Kier alpha value is -3.07. The summed E-state index contributed by atoms with van der Waals surface area (Å²) in [5, 5.41) is 8.05. The van der Waals surface area contributed by atoms with E-state index in [1.54, 1.807) is 6.07 Å². The van der Waals surface area contributed by atoms with Crippen molar-refractivity contribution in [3.05, 3.63) is 34.4 Å². The molecule has 0 aliphatic rings. The predicted octanol–water partition coefficient (Wildman–Crippen LogP) is 2.37. The average Bonchev–Trinajstić information content (AvgIpc) is 3.11. The molecule has 8 nitrogen and oxygen atoms in total. The topological polar surface area (TPSA) is 98.2 Å². The second-order valence-corrected chi connectivity index (χ2v) is 5.59. The summed E-state index contributed by atoms with van der Waals surface area (Å²) in [7, 11) is 2.95. The maximum atomic E-state index is 12.9. The van der Waals surface area contributed by atoms with Crippen molar-refractivity contribution >= 4 is 45.5 Å². The SMILES string of the molecule is CCNC(=S)N/N=C/c1coc2c(OC)c3occc3c(OC)c2c1=O. The average molecular weight is 375 g/mol. The van der Waals surface area contributed by atoms with Crippen molar-refractivity contribution in [2.24, 2.45) is 5.10 Å². The van der Waals surface area contributed by atoms with Gasteiger partial charge in [-0.2, -0.15) is 5.10 Å². The highest BCUT2D eigenvalue weighted by Gasteiger charge is 2.22. The van der Waals surface area contributed by atoms with Crippen molar-refractivity contribution in [3.63, 3.8) is 0 Å². The summed E-state index contributed by atoms with van der Waals surface area (Å²) in [4.78, 5) is 12.9. The van der Waals surface area contributed by atoms with Crippen LogP contribution in [-0.2, 0) is 0 Å². The number of nitrogens with one attached hydrogen (secondary N) is 2. The van der Waals surface area contributed by atoms with Crippen LogP contribution < -0.4 is 25.6 Å². The van der Waals surface area contributed by atoms with E-state index in [0.717, 1.165) is 0 Å². The summed E-state index contributed by atoms with van der Waals surface area (Å²) < 4.78 is 21.9. The fourth-order valence-electron chi connectivity index (χ4n) is 2.60. The van der Waals surface area contributed by atoms with Crippen molar-refractivity contribution in [2.45, 2.75) is 6.92 Å². The van der Waals surface area contributed by atoms with Crippen LogP contribution in [0.4, 0.5) is 0 Å². The van der Waals surface area contributed by atoms with Gasteiger partial charge in [0.1, 0.15) is 17.4 Å². The van der Waals surface area contributed by atoms with Crippen molar-refractivity contribution in [1.29, 1.82) is 0 Å². The molecule has 0 unspecified atom stereocenters. The van der Waals surface area contributed by atoms with Crippen LogP contribution in [0.3, 0.4) is 0 Å². The van der Waals surface area contributed by atoms with E-state index in [0.29, 0.717) is 34.1 Å². The Labute approximate surface area is 153 Å². The van der Waals surface area contributed by atoms with Gasteiger partial charge in [-0.3, -0.25) is 10.2 Å². The van der Waals surface area contributed by atoms with Gasteiger partial charge in [0, 0.05) is 6.54 Å². The highest BCUT2D eigenvalue weighted by molar-refractivity contribution is 7.80. The third kappa shape index (κ3) is 2.97. The summed E-state index contributed by atoms with van der Waals surface area (Å²) >= 11 is 5.01. The Morgan fingerprint density at radius 1 is 1.27 bits per heavy atom. The van der Waals surface area contributed by atoms with E-state index in [9.17, 15) is 4.79 Å². The number of thiocarbonyl (C=S) groups is 1. The van der Waals surface area contributed by atoms with Crippen LogP contribution in [0.15, 0.2) is 37.3 Å². The van der Waals surface area contributed by atoms with Crippen LogP contribution in [0.1, 0.15) is 12.5 Å². The van der Waals surface area contributed by atoms with Crippen LogP contribution in [0.25, 0.3) is 21.9 Å². The van der Waals surface area contributed by atoms with Gasteiger partial charge in [0.25, 0.3) is 0 Å². The molecule has 0 aliphatic carbocycles. The van der Waals surface area contributed by atoms with Crippen molar-refractivity contribution in [3.8, 4) is 11.5 Å². The molecule has 9 heteroatoms. The molecule has 0 aliphatic heterocycles. The van der Waals surface area contributed by atoms with Crippen LogP contribution >= 0.6 is 12.2 Å². The van der Waals surface area contributed by atoms with Gasteiger partial charge in [0.15, 0.2) is 16.3 Å². The quantitative estimate of drug-likeness (QED) is 0.398. The molecule has 2 heterocycles. The van der Waals surface area contributed by atoms with Gasteiger partial charge >= 0.3 is 0 Å². The number of hydrogen-bond donors (Lipinski definition) is 2. The zero-order valence-corrected chi connectivity index (χ0v) is 15.2. The summed E-state index contributed by atoms with van der Waals surface area (Å²) in [5.74, 6) is 0.678. The Balaban J connectivity index is 2.16. The van der Waals surface area contributed by atoms with Gasteiger partial charge in [-0.1, -0.05) is 0 Å². The molecular weight excluding hydrogens is 358 g/mol. The normalized spacial score (nSPS) is 11.2. The lowest BCUT2D eigenvalue weighted by Crippen LogP contribution is -2.31. The van der Waals surface area contributed by atoms with E-state index >= 15 is 0 Å². The molecular formula is C17H17N3O5S.